The van der Waals surface area contributed by atoms with Crippen LogP contribution in [-0.2, 0) is 13.6 Å². The van der Waals surface area contributed by atoms with Gasteiger partial charge < -0.3 is 15.7 Å². The number of hydrogen-bond donors (Lipinski definition) is 3. The Labute approximate surface area is 146 Å². The zero-order valence-electron chi connectivity index (χ0n) is 13.6. The summed E-state index contributed by atoms with van der Waals surface area (Å²) in [6.45, 7) is -0.276. The Morgan fingerprint density at radius 1 is 1.27 bits per heavy atom. The van der Waals surface area contributed by atoms with Gasteiger partial charge in [0.15, 0.2) is 0 Å². The fourth-order valence-corrected chi connectivity index (χ4v) is 2.22. The van der Waals surface area contributed by atoms with Gasteiger partial charge in [-0.2, -0.15) is 10.1 Å². The molecule has 0 aliphatic carbocycles. The molecule has 0 saturated carbocycles. The van der Waals surface area contributed by atoms with Crippen LogP contribution in [0.15, 0.2) is 36.8 Å². The highest BCUT2D eigenvalue weighted by atomic mass is 19.1. The highest BCUT2D eigenvalue weighted by Gasteiger charge is 2.16. The lowest BCUT2D eigenvalue weighted by atomic mass is 10.2. The van der Waals surface area contributed by atoms with Gasteiger partial charge in [0.05, 0.1) is 11.9 Å². The molecule has 0 amide bonds. The second-order valence-electron chi connectivity index (χ2n) is 5.34. The second kappa shape index (κ2) is 7.13. The molecule has 0 radical (unpaired) electrons. The van der Waals surface area contributed by atoms with Gasteiger partial charge in [-0.3, -0.25) is 4.68 Å². The van der Waals surface area contributed by atoms with Crippen LogP contribution < -0.4 is 10.6 Å². The van der Waals surface area contributed by atoms with Gasteiger partial charge >= 0.3 is 5.97 Å². The first-order chi connectivity index (χ1) is 12.4. The van der Waals surface area contributed by atoms with E-state index < -0.39 is 17.6 Å². The minimum atomic E-state index is -1.27. The van der Waals surface area contributed by atoms with Crippen LogP contribution >= 0.6 is 0 Å². The molecule has 8 nitrogen and oxygen atoms in total. The molecular formula is C16H14F2N6O2. The number of anilines is 3. The molecule has 3 aromatic rings. The molecule has 0 aliphatic heterocycles. The number of benzene rings is 1. The number of nitrogens with zero attached hydrogens (tertiary/aromatic N) is 4. The quantitative estimate of drug-likeness (QED) is 0.620. The van der Waals surface area contributed by atoms with Gasteiger partial charge in [0, 0.05) is 31.5 Å². The monoisotopic (exact) mass is 360 g/mol. The van der Waals surface area contributed by atoms with Gasteiger partial charge in [0.2, 0.25) is 5.95 Å². The molecule has 1 aromatic carbocycles. The van der Waals surface area contributed by atoms with Gasteiger partial charge in [-0.05, 0) is 12.1 Å². The van der Waals surface area contributed by atoms with Crippen molar-refractivity contribution in [2.45, 2.75) is 6.54 Å². The molecule has 0 saturated heterocycles. The molecule has 0 spiro atoms. The third-order valence-corrected chi connectivity index (χ3v) is 3.47. The average Bonchev–Trinajstić information content (AvgIpc) is 2.99. The lowest BCUT2D eigenvalue weighted by Gasteiger charge is -2.11. The predicted octanol–water partition coefficient (Wildman–Crippen LogP) is 2.54. The van der Waals surface area contributed by atoms with Crippen molar-refractivity contribution in [3.63, 3.8) is 0 Å². The Bertz CT molecular complexity index is 939. The molecule has 2 aromatic heterocycles. The maximum Gasteiger partial charge on any atom is 0.341 e. The van der Waals surface area contributed by atoms with Crippen molar-refractivity contribution < 1.29 is 18.7 Å². The topological polar surface area (TPSA) is 105 Å². The van der Waals surface area contributed by atoms with Crippen molar-refractivity contribution >= 4 is 23.4 Å². The Balaban J connectivity index is 1.86. The molecule has 134 valence electrons. The standard InChI is InChI=1S/C16H14F2N6O2/c1-24-8-9(5-21-24)22-16-20-7-11(15(25)26)14(23-16)19-6-10-12(17)3-2-4-13(10)18/h2-5,7-8H,6H2,1H3,(H,25,26)(H2,19,20,22,23). The minimum absolute atomic E-state index is 0.0680. The van der Waals surface area contributed by atoms with E-state index in [1.807, 2.05) is 0 Å². The lowest BCUT2D eigenvalue weighted by Crippen LogP contribution is -2.12. The van der Waals surface area contributed by atoms with Crippen LogP contribution in [0.1, 0.15) is 15.9 Å². The van der Waals surface area contributed by atoms with E-state index in [1.54, 1.807) is 17.9 Å². The summed E-state index contributed by atoms with van der Waals surface area (Å²) in [5, 5.41) is 18.8. The number of halogens is 2. The van der Waals surface area contributed by atoms with Crippen LogP contribution in [0, 0.1) is 11.6 Å². The maximum absolute atomic E-state index is 13.7. The molecule has 10 heteroatoms. The fraction of sp³-hybridized carbons (Fsp3) is 0.125. The molecule has 0 fully saturated rings. The van der Waals surface area contributed by atoms with Crippen LogP contribution in [-0.4, -0.2) is 30.8 Å². The number of aromatic nitrogens is 4. The van der Waals surface area contributed by atoms with E-state index in [0.29, 0.717) is 5.69 Å². The summed E-state index contributed by atoms with van der Waals surface area (Å²) < 4.78 is 29.0. The van der Waals surface area contributed by atoms with Crippen molar-refractivity contribution in [1.82, 2.24) is 19.7 Å². The normalized spacial score (nSPS) is 10.6. The number of rotatable bonds is 6. The summed E-state index contributed by atoms with van der Waals surface area (Å²) in [6, 6.07) is 3.48. The van der Waals surface area contributed by atoms with E-state index >= 15 is 0 Å². The van der Waals surface area contributed by atoms with E-state index in [4.69, 9.17) is 0 Å². The van der Waals surface area contributed by atoms with Gasteiger partial charge in [-0.1, -0.05) is 6.07 Å². The van der Waals surface area contributed by atoms with Crippen molar-refractivity contribution in [1.29, 1.82) is 0 Å². The molecule has 2 heterocycles. The smallest absolute Gasteiger partial charge is 0.341 e. The number of nitrogens with one attached hydrogen (secondary N) is 2. The highest BCUT2D eigenvalue weighted by Crippen LogP contribution is 2.19. The molecule has 0 aliphatic rings. The SMILES string of the molecule is Cn1cc(Nc2ncc(C(=O)O)c(NCc3c(F)cccc3F)n2)cn1. The Hall–Kier alpha value is -3.56. The van der Waals surface area contributed by atoms with E-state index in [-0.39, 0.29) is 29.4 Å². The van der Waals surface area contributed by atoms with Gasteiger partial charge in [-0.15, -0.1) is 0 Å². The van der Waals surface area contributed by atoms with Crippen molar-refractivity contribution in [3.05, 3.63) is 59.6 Å². The Kier molecular flexibility index (Phi) is 4.74. The summed E-state index contributed by atoms with van der Waals surface area (Å²) in [4.78, 5) is 19.3. The van der Waals surface area contributed by atoms with Crippen LogP contribution in [0.25, 0.3) is 0 Å². The van der Waals surface area contributed by atoms with E-state index in [2.05, 4.69) is 25.7 Å². The Morgan fingerprint density at radius 2 is 2.00 bits per heavy atom. The predicted molar refractivity (Wildman–Crippen MR) is 89.2 cm³/mol. The first-order valence-electron chi connectivity index (χ1n) is 7.47. The first-order valence-corrected chi connectivity index (χ1v) is 7.47. The third kappa shape index (κ3) is 3.74. The molecule has 0 atom stereocenters. The summed E-state index contributed by atoms with van der Waals surface area (Å²) in [5.74, 6) is -2.70. The maximum atomic E-state index is 13.7. The summed E-state index contributed by atoms with van der Waals surface area (Å²) in [6.07, 6.45) is 4.32. The summed E-state index contributed by atoms with van der Waals surface area (Å²) in [7, 11) is 1.73. The van der Waals surface area contributed by atoms with Crippen LogP contribution in [0.2, 0.25) is 0 Å². The van der Waals surface area contributed by atoms with E-state index in [0.717, 1.165) is 18.3 Å². The van der Waals surface area contributed by atoms with Gasteiger partial charge in [0.1, 0.15) is 23.0 Å². The molecule has 3 N–H and O–H groups in total. The van der Waals surface area contributed by atoms with Crippen LogP contribution in [0.5, 0.6) is 0 Å². The number of aromatic carboxylic acids is 1. The van der Waals surface area contributed by atoms with Crippen molar-refractivity contribution in [2.24, 2.45) is 7.05 Å². The van der Waals surface area contributed by atoms with Gasteiger partial charge in [-0.25, -0.2) is 18.6 Å². The number of carbonyl (C=O) groups is 1. The first kappa shape index (κ1) is 17.3. The van der Waals surface area contributed by atoms with E-state index in [9.17, 15) is 18.7 Å². The number of aryl methyl sites for hydroxylation is 1. The molecule has 0 unspecified atom stereocenters. The van der Waals surface area contributed by atoms with E-state index in [1.165, 1.54) is 12.3 Å². The highest BCUT2D eigenvalue weighted by molar-refractivity contribution is 5.93. The number of carboxylic acids is 1. The molecule has 3 rings (SSSR count). The zero-order chi connectivity index (χ0) is 18.7. The fourth-order valence-electron chi connectivity index (χ4n) is 2.22. The van der Waals surface area contributed by atoms with Crippen molar-refractivity contribution in [3.8, 4) is 0 Å². The largest absolute Gasteiger partial charge is 0.477 e. The van der Waals surface area contributed by atoms with Gasteiger partial charge in [0.25, 0.3) is 0 Å². The third-order valence-electron chi connectivity index (χ3n) is 3.47. The van der Waals surface area contributed by atoms with Crippen molar-refractivity contribution in [2.75, 3.05) is 10.6 Å². The molecule has 26 heavy (non-hydrogen) atoms. The van der Waals surface area contributed by atoms with Crippen LogP contribution in [0.3, 0.4) is 0 Å². The lowest BCUT2D eigenvalue weighted by molar-refractivity contribution is 0.0697. The second-order valence-corrected chi connectivity index (χ2v) is 5.34. The summed E-state index contributed by atoms with van der Waals surface area (Å²) >= 11 is 0. The number of hydrogen-bond acceptors (Lipinski definition) is 6. The average molecular weight is 360 g/mol. The molecular weight excluding hydrogens is 346 g/mol. The zero-order valence-corrected chi connectivity index (χ0v) is 13.6. The number of carboxylic acid groups (broad SMARTS) is 1. The van der Waals surface area contributed by atoms with Crippen LogP contribution in [0.4, 0.5) is 26.2 Å². The summed E-state index contributed by atoms with van der Waals surface area (Å²) in [5.41, 5.74) is 0.157. The molecule has 0 bridgehead atoms. The minimum Gasteiger partial charge on any atom is -0.477 e. The Morgan fingerprint density at radius 3 is 2.62 bits per heavy atom.